The molecule has 4 nitrogen and oxygen atoms in total. The average molecular weight is 211 g/mol. The zero-order valence-corrected chi connectivity index (χ0v) is 9.92. The van der Waals surface area contributed by atoms with Gasteiger partial charge in [0.2, 0.25) is 0 Å². The molecule has 0 aliphatic heterocycles. The maximum Gasteiger partial charge on any atom is 0.116 e. The highest BCUT2D eigenvalue weighted by atomic mass is 16.5. The van der Waals surface area contributed by atoms with Gasteiger partial charge in [0, 0.05) is 26.2 Å². The third-order valence-corrected chi connectivity index (χ3v) is 2.96. The molecule has 1 unspecified atom stereocenters. The molecule has 1 rings (SSSR count). The number of nitrogens with zero attached hydrogens (tertiary/aromatic N) is 2. The maximum atomic E-state index is 9.09. The maximum absolute atomic E-state index is 9.09. The van der Waals surface area contributed by atoms with Crippen molar-refractivity contribution in [1.29, 1.82) is 5.26 Å². The molecule has 86 valence electrons. The SMILES string of the molecule is CNC(C)(C#N)CN(CCOC)C1CC1. The standard InChI is InChI=1S/C11H21N3O/c1-11(8-12,13-2)9-14(6-7-15-3)10-4-5-10/h10,13H,4-7,9H2,1-3H3. The van der Waals surface area contributed by atoms with Crippen molar-refractivity contribution < 1.29 is 4.74 Å². The van der Waals surface area contributed by atoms with E-state index in [0.29, 0.717) is 6.04 Å². The lowest BCUT2D eigenvalue weighted by Gasteiger charge is -2.30. The van der Waals surface area contributed by atoms with Crippen molar-refractivity contribution >= 4 is 0 Å². The number of methoxy groups -OCH3 is 1. The van der Waals surface area contributed by atoms with E-state index in [-0.39, 0.29) is 0 Å². The van der Waals surface area contributed by atoms with Crippen LogP contribution in [0.3, 0.4) is 0 Å². The number of nitrogens with one attached hydrogen (secondary N) is 1. The van der Waals surface area contributed by atoms with Gasteiger partial charge in [0.25, 0.3) is 0 Å². The van der Waals surface area contributed by atoms with Crippen LogP contribution in [0.25, 0.3) is 0 Å². The highest BCUT2D eigenvalue weighted by Crippen LogP contribution is 2.27. The van der Waals surface area contributed by atoms with Gasteiger partial charge in [0.1, 0.15) is 5.54 Å². The molecule has 1 aliphatic rings. The summed E-state index contributed by atoms with van der Waals surface area (Å²) in [7, 11) is 3.55. The molecule has 0 amide bonds. The molecule has 0 aromatic heterocycles. The largest absolute Gasteiger partial charge is 0.383 e. The molecule has 0 radical (unpaired) electrons. The van der Waals surface area contributed by atoms with Gasteiger partial charge >= 0.3 is 0 Å². The van der Waals surface area contributed by atoms with Crippen molar-refractivity contribution in [3.05, 3.63) is 0 Å². The molecule has 0 bridgehead atoms. The van der Waals surface area contributed by atoms with Crippen LogP contribution in [0.5, 0.6) is 0 Å². The Kier molecular flexibility index (Phi) is 4.52. The minimum atomic E-state index is -0.448. The molecule has 1 N–H and O–H groups in total. The molecule has 0 aromatic rings. The molecule has 1 atom stereocenters. The van der Waals surface area contributed by atoms with E-state index in [0.717, 1.165) is 19.7 Å². The van der Waals surface area contributed by atoms with Crippen LogP contribution >= 0.6 is 0 Å². The van der Waals surface area contributed by atoms with Gasteiger partial charge in [-0.3, -0.25) is 4.90 Å². The molecule has 0 heterocycles. The van der Waals surface area contributed by atoms with Crippen molar-refractivity contribution in [3.8, 4) is 6.07 Å². The minimum absolute atomic E-state index is 0.448. The molecule has 15 heavy (non-hydrogen) atoms. The Hall–Kier alpha value is -0.630. The first-order chi connectivity index (χ1) is 7.15. The van der Waals surface area contributed by atoms with E-state index in [1.54, 1.807) is 7.11 Å². The Morgan fingerprint density at radius 3 is 2.67 bits per heavy atom. The van der Waals surface area contributed by atoms with E-state index in [4.69, 9.17) is 10.00 Å². The number of hydrogen-bond donors (Lipinski definition) is 1. The van der Waals surface area contributed by atoms with Gasteiger partial charge < -0.3 is 10.1 Å². The third-order valence-electron chi connectivity index (χ3n) is 2.96. The lowest BCUT2D eigenvalue weighted by atomic mass is 10.0. The van der Waals surface area contributed by atoms with Crippen molar-refractivity contribution in [3.63, 3.8) is 0 Å². The summed E-state index contributed by atoms with van der Waals surface area (Å²) in [5.74, 6) is 0. The van der Waals surface area contributed by atoms with Crippen LogP contribution in [0.1, 0.15) is 19.8 Å². The highest BCUT2D eigenvalue weighted by Gasteiger charge is 2.34. The van der Waals surface area contributed by atoms with Gasteiger partial charge in [-0.05, 0) is 26.8 Å². The van der Waals surface area contributed by atoms with Crippen LogP contribution in [0.15, 0.2) is 0 Å². The zero-order valence-electron chi connectivity index (χ0n) is 9.92. The third kappa shape index (κ3) is 3.78. The first-order valence-electron chi connectivity index (χ1n) is 5.48. The van der Waals surface area contributed by atoms with E-state index in [1.165, 1.54) is 12.8 Å². The smallest absolute Gasteiger partial charge is 0.116 e. The van der Waals surface area contributed by atoms with Crippen molar-refractivity contribution in [2.45, 2.75) is 31.3 Å². The predicted molar refractivity (Wildman–Crippen MR) is 59.5 cm³/mol. The number of rotatable bonds is 7. The summed E-state index contributed by atoms with van der Waals surface area (Å²) in [5, 5.41) is 12.2. The van der Waals surface area contributed by atoms with Gasteiger partial charge in [-0.15, -0.1) is 0 Å². The number of nitriles is 1. The van der Waals surface area contributed by atoms with Crippen molar-refractivity contribution in [2.75, 3.05) is 33.9 Å². The Labute approximate surface area is 92.2 Å². The summed E-state index contributed by atoms with van der Waals surface area (Å²) in [5.41, 5.74) is -0.448. The summed E-state index contributed by atoms with van der Waals surface area (Å²) < 4.78 is 5.09. The van der Waals surface area contributed by atoms with Crippen LogP contribution in [0.4, 0.5) is 0 Å². The fourth-order valence-corrected chi connectivity index (χ4v) is 1.62. The van der Waals surface area contributed by atoms with Crippen LogP contribution < -0.4 is 5.32 Å². The zero-order chi connectivity index (χ0) is 11.3. The van der Waals surface area contributed by atoms with Crippen molar-refractivity contribution in [2.24, 2.45) is 0 Å². The van der Waals surface area contributed by atoms with Gasteiger partial charge in [0.05, 0.1) is 12.7 Å². The normalized spacial score (nSPS) is 19.9. The fraction of sp³-hybridized carbons (Fsp3) is 0.909. The van der Waals surface area contributed by atoms with Gasteiger partial charge in [0.15, 0.2) is 0 Å². The molecule has 0 aromatic carbocycles. The molecule has 0 spiro atoms. The molecule has 0 saturated heterocycles. The lowest BCUT2D eigenvalue weighted by Crippen LogP contribution is -2.50. The van der Waals surface area contributed by atoms with E-state index in [9.17, 15) is 0 Å². The predicted octanol–water partition coefficient (Wildman–Crippen LogP) is 0.599. The molecule has 1 aliphatic carbocycles. The Morgan fingerprint density at radius 2 is 2.27 bits per heavy atom. The first-order valence-corrected chi connectivity index (χ1v) is 5.48. The number of hydrogen-bond acceptors (Lipinski definition) is 4. The summed E-state index contributed by atoms with van der Waals surface area (Å²) in [6.07, 6.45) is 2.52. The summed E-state index contributed by atoms with van der Waals surface area (Å²) >= 11 is 0. The minimum Gasteiger partial charge on any atom is -0.383 e. The van der Waals surface area contributed by atoms with Gasteiger partial charge in [-0.1, -0.05) is 0 Å². The van der Waals surface area contributed by atoms with E-state index < -0.39 is 5.54 Å². The Balaban J connectivity index is 2.46. The first kappa shape index (κ1) is 12.4. The highest BCUT2D eigenvalue weighted by molar-refractivity contribution is 5.06. The van der Waals surface area contributed by atoms with E-state index >= 15 is 0 Å². The lowest BCUT2D eigenvalue weighted by molar-refractivity contribution is 0.131. The van der Waals surface area contributed by atoms with Crippen LogP contribution in [0, 0.1) is 11.3 Å². The topological polar surface area (TPSA) is 48.3 Å². The van der Waals surface area contributed by atoms with E-state index in [2.05, 4.69) is 16.3 Å². The molecule has 1 fully saturated rings. The fourth-order valence-electron chi connectivity index (χ4n) is 1.62. The molecule has 1 saturated carbocycles. The summed E-state index contributed by atoms with van der Waals surface area (Å²) in [6.45, 7) is 4.37. The summed E-state index contributed by atoms with van der Waals surface area (Å²) in [4.78, 5) is 2.35. The second kappa shape index (κ2) is 5.45. The molecule has 4 heteroatoms. The van der Waals surface area contributed by atoms with Crippen LogP contribution in [0.2, 0.25) is 0 Å². The Morgan fingerprint density at radius 1 is 1.60 bits per heavy atom. The second-order valence-corrected chi connectivity index (χ2v) is 4.39. The number of likely N-dealkylation sites (N-methyl/N-ethyl adjacent to an activating group) is 1. The van der Waals surface area contributed by atoms with Crippen LogP contribution in [-0.4, -0.2) is 50.3 Å². The van der Waals surface area contributed by atoms with Crippen molar-refractivity contribution in [1.82, 2.24) is 10.2 Å². The van der Waals surface area contributed by atoms with Crippen LogP contribution in [-0.2, 0) is 4.74 Å². The molecular formula is C11H21N3O. The van der Waals surface area contributed by atoms with E-state index in [1.807, 2.05) is 14.0 Å². The molecular weight excluding hydrogens is 190 g/mol. The monoisotopic (exact) mass is 211 g/mol. The second-order valence-electron chi connectivity index (χ2n) is 4.39. The van der Waals surface area contributed by atoms with Gasteiger partial charge in [-0.25, -0.2) is 0 Å². The summed E-state index contributed by atoms with van der Waals surface area (Å²) in [6, 6.07) is 2.99. The number of ether oxygens (including phenoxy) is 1. The Bertz CT molecular complexity index is 234. The van der Waals surface area contributed by atoms with Gasteiger partial charge in [-0.2, -0.15) is 5.26 Å². The average Bonchev–Trinajstić information content (AvgIpc) is 3.07. The quantitative estimate of drug-likeness (QED) is 0.670.